The number of aromatic amines is 1. The third-order valence-electron chi connectivity index (χ3n) is 4.82. The maximum Gasteiger partial charge on any atom is 0.475 e. The molecule has 0 bridgehead atoms. The molecule has 3 heterocycles. The zero-order valence-corrected chi connectivity index (χ0v) is 19.1. The van der Waals surface area contributed by atoms with E-state index < -0.39 is 42.4 Å². The maximum atomic E-state index is 12.9. The molecule has 13 heteroatoms. The number of ether oxygens (including phenoxy) is 2. The summed E-state index contributed by atoms with van der Waals surface area (Å²) in [4.78, 5) is 35.8. The van der Waals surface area contributed by atoms with Crippen molar-refractivity contribution in [3.63, 3.8) is 0 Å². The van der Waals surface area contributed by atoms with Crippen molar-refractivity contribution in [2.45, 2.75) is 69.4 Å². The molecular formula is C18H26ClN2O9P. The Morgan fingerprint density at radius 2 is 2.16 bits per heavy atom. The standard InChI is InChI=1S/C18H26ClN2O9P/c1-11(2)28-14(23)6-4-5-9-26-31(25)27-10-12-15(30-31)18(3,19)16(29-12)21-8-7-13(22)20-17(21)24/h7-8,11-12,15-16H,4-6,9-10H2,1-3H3,(H,20,22,24)/t12-,15-,16-,18-,31-/m1/s1. The van der Waals surface area contributed by atoms with Gasteiger partial charge in [-0.25, -0.2) is 9.36 Å². The molecule has 0 amide bonds. The fraction of sp³-hybridized carbons (Fsp3) is 0.722. The first kappa shape index (κ1) is 24.2. The largest absolute Gasteiger partial charge is 0.475 e. The van der Waals surface area contributed by atoms with Crippen LogP contribution in [0.4, 0.5) is 0 Å². The number of carbonyl (C=O) groups is 1. The molecule has 2 aliphatic heterocycles. The van der Waals surface area contributed by atoms with Gasteiger partial charge < -0.3 is 9.47 Å². The summed E-state index contributed by atoms with van der Waals surface area (Å²) in [5.74, 6) is -0.306. The molecule has 0 radical (unpaired) electrons. The maximum absolute atomic E-state index is 12.9. The highest BCUT2D eigenvalue weighted by Gasteiger charge is 2.60. The highest BCUT2D eigenvalue weighted by Crippen LogP contribution is 2.59. The first-order valence-electron chi connectivity index (χ1n) is 9.95. The van der Waals surface area contributed by atoms with Gasteiger partial charge in [-0.15, -0.1) is 11.6 Å². The second-order valence-electron chi connectivity index (χ2n) is 7.79. The van der Waals surface area contributed by atoms with Crippen LogP contribution >= 0.6 is 19.4 Å². The lowest BCUT2D eigenvalue weighted by Crippen LogP contribution is -2.45. The van der Waals surface area contributed by atoms with Crippen LogP contribution < -0.4 is 11.2 Å². The molecule has 2 fully saturated rings. The molecule has 11 nitrogen and oxygen atoms in total. The third-order valence-corrected chi connectivity index (χ3v) is 6.67. The molecule has 2 saturated heterocycles. The number of phosphoric ester groups is 1. The number of hydrogen-bond donors (Lipinski definition) is 1. The van der Waals surface area contributed by atoms with E-state index >= 15 is 0 Å². The summed E-state index contributed by atoms with van der Waals surface area (Å²) in [5, 5.41) is 0. The summed E-state index contributed by atoms with van der Waals surface area (Å²) >= 11 is 6.66. The van der Waals surface area contributed by atoms with Crippen molar-refractivity contribution >= 4 is 25.4 Å². The van der Waals surface area contributed by atoms with Gasteiger partial charge in [0, 0.05) is 18.7 Å². The summed E-state index contributed by atoms with van der Waals surface area (Å²) < 4.78 is 41.1. The molecule has 3 rings (SSSR count). The first-order valence-corrected chi connectivity index (χ1v) is 11.8. The molecule has 5 atom stereocenters. The lowest BCUT2D eigenvalue weighted by atomic mass is 10.0. The van der Waals surface area contributed by atoms with Crippen LogP contribution in [0.25, 0.3) is 0 Å². The number of rotatable bonds is 8. The van der Waals surface area contributed by atoms with Gasteiger partial charge in [0.15, 0.2) is 6.23 Å². The number of H-pyrrole nitrogens is 1. The number of hydrogen-bond acceptors (Lipinski definition) is 9. The van der Waals surface area contributed by atoms with E-state index in [1.54, 1.807) is 20.8 Å². The Morgan fingerprint density at radius 3 is 2.84 bits per heavy atom. The quantitative estimate of drug-likeness (QED) is 0.257. The van der Waals surface area contributed by atoms with Crippen LogP contribution in [0.1, 0.15) is 46.3 Å². The van der Waals surface area contributed by atoms with Crippen LogP contribution in [0.5, 0.6) is 0 Å². The minimum atomic E-state index is -3.91. The van der Waals surface area contributed by atoms with Crippen molar-refractivity contribution < 1.29 is 32.4 Å². The van der Waals surface area contributed by atoms with Crippen molar-refractivity contribution in [3.8, 4) is 0 Å². The van der Waals surface area contributed by atoms with Gasteiger partial charge in [-0.3, -0.25) is 32.7 Å². The van der Waals surface area contributed by atoms with Crippen LogP contribution in [-0.4, -0.2) is 51.9 Å². The third kappa shape index (κ3) is 5.66. The molecule has 0 aromatic carbocycles. The number of esters is 1. The lowest BCUT2D eigenvalue weighted by molar-refractivity contribution is -0.147. The zero-order chi connectivity index (χ0) is 22.8. The van der Waals surface area contributed by atoms with E-state index in [1.807, 2.05) is 0 Å². The van der Waals surface area contributed by atoms with Gasteiger partial charge in [0.05, 0.1) is 19.3 Å². The van der Waals surface area contributed by atoms with Gasteiger partial charge in [0.2, 0.25) is 0 Å². The Labute approximate surface area is 183 Å². The van der Waals surface area contributed by atoms with Gasteiger partial charge >= 0.3 is 19.5 Å². The van der Waals surface area contributed by atoms with E-state index in [1.165, 1.54) is 12.3 Å². The number of carbonyl (C=O) groups excluding carboxylic acids is 1. The topological polar surface area (TPSA) is 135 Å². The fourth-order valence-corrected chi connectivity index (χ4v) is 5.31. The van der Waals surface area contributed by atoms with E-state index in [2.05, 4.69) is 4.98 Å². The predicted octanol–water partition coefficient (Wildman–Crippen LogP) is 2.09. The number of phosphoric acid groups is 1. The van der Waals surface area contributed by atoms with Gasteiger partial charge in [-0.2, -0.15) is 0 Å². The van der Waals surface area contributed by atoms with Crippen LogP contribution in [0, 0.1) is 0 Å². The Kier molecular flexibility index (Phi) is 7.45. The van der Waals surface area contributed by atoms with Gasteiger partial charge in [0.25, 0.3) is 5.56 Å². The number of aromatic nitrogens is 2. The van der Waals surface area contributed by atoms with Crippen molar-refractivity contribution in [2.24, 2.45) is 0 Å². The Bertz CT molecular complexity index is 960. The lowest BCUT2D eigenvalue weighted by Gasteiger charge is -2.34. The van der Waals surface area contributed by atoms with Crippen LogP contribution in [0.3, 0.4) is 0 Å². The molecule has 0 saturated carbocycles. The van der Waals surface area contributed by atoms with Crippen molar-refractivity contribution in [1.82, 2.24) is 9.55 Å². The summed E-state index contributed by atoms with van der Waals surface area (Å²) in [6, 6.07) is 1.17. The van der Waals surface area contributed by atoms with Crippen LogP contribution in [-0.2, 0) is 32.4 Å². The van der Waals surface area contributed by atoms with Crippen LogP contribution in [0.2, 0.25) is 0 Å². The zero-order valence-electron chi connectivity index (χ0n) is 17.4. The van der Waals surface area contributed by atoms with Crippen molar-refractivity contribution in [2.75, 3.05) is 13.2 Å². The second kappa shape index (κ2) is 9.56. The fourth-order valence-electron chi connectivity index (χ4n) is 3.39. The molecule has 174 valence electrons. The van der Waals surface area contributed by atoms with Crippen LogP contribution in [0.15, 0.2) is 21.9 Å². The molecule has 1 aromatic rings. The highest BCUT2D eigenvalue weighted by atomic mass is 35.5. The van der Waals surface area contributed by atoms with Gasteiger partial charge in [-0.05, 0) is 33.6 Å². The average molecular weight is 481 g/mol. The minimum absolute atomic E-state index is 0.0479. The summed E-state index contributed by atoms with van der Waals surface area (Å²) in [5.41, 5.74) is -1.25. The Morgan fingerprint density at radius 1 is 1.42 bits per heavy atom. The number of unbranched alkanes of at least 4 members (excludes halogenated alkanes) is 1. The molecule has 1 N–H and O–H groups in total. The van der Waals surface area contributed by atoms with Crippen molar-refractivity contribution in [1.29, 1.82) is 0 Å². The molecule has 1 aromatic heterocycles. The highest BCUT2D eigenvalue weighted by molar-refractivity contribution is 7.48. The summed E-state index contributed by atoms with van der Waals surface area (Å²) in [7, 11) is -3.91. The van der Waals surface area contributed by atoms with Crippen molar-refractivity contribution in [3.05, 3.63) is 33.1 Å². The van der Waals surface area contributed by atoms with E-state index in [0.717, 1.165) is 4.57 Å². The average Bonchev–Trinajstić information content (AvgIpc) is 2.91. The minimum Gasteiger partial charge on any atom is -0.463 e. The number of nitrogens with zero attached hydrogens (tertiary/aromatic N) is 1. The molecule has 0 aliphatic carbocycles. The number of halogens is 1. The monoisotopic (exact) mass is 480 g/mol. The van der Waals surface area contributed by atoms with E-state index in [4.69, 9.17) is 34.6 Å². The molecule has 2 aliphatic rings. The smallest absolute Gasteiger partial charge is 0.463 e. The normalized spacial score (nSPS) is 32.7. The van der Waals surface area contributed by atoms with Gasteiger partial charge in [-0.1, -0.05) is 0 Å². The number of alkyl halides is 1. The predicted molar refractivity (Wildman–Crippen MR) is 109 cm³/mol. The van der Waals surface area contributed by atoms with E-state index in [9.17, 15) is 18.9 Å². The first-order chi connectivity index (χ1) is 14.5. The number of fused-ring (bicyclic) bond motifs is 1. The second-order valence-corrected chi connectivity index (χ2v) is 10.2. The summed E-state index contributed by atoms with van der Waals surface area (Å²) in [6.07, 6.45) is -0.317. The number of nitrogens with one attached hydrogen (secondary N) is 1. The summed E-state index contributed by atoms with van der Waals surface area (Å²) in [6.45, 7) is 5.06. The van der Waals surface area contributed by atoms with E-state index in [-0.39, 0.29) is 31.7 Å². The molecule has 0 spiro atoms. The van der Waals surface area contributed by atoms with E-state index in [0.29, 0.717) is 12.8 Å². The molecule has 0 unspecified atom stereocenters. The Balaban J connectivity index is 1.58. The molecular weight excluding hydrogens is 455 g/mol. The Hall–Kier alpha value is -1.49. The molecule has 31 heavy (non-hydrogen) atoms. The SMILES string of the molecule is CC(C)OC(=O)CCCCO[P@]1(=O)OC[C@H]2O[C@@H](n3ccc(=O)[nH]c3=O)[C@](C)(Cl)[C@@H]2O1. The van der Waals surface area contributed by atoms with Gasteiger partial charge in [0.1, 0.15) is 17.1 Å².